The van der Waals surface area contributed by atoms with Crippen LogP contribution < -0.4 is 0 Å². The number of carbonyl (C=O) groups excluding carboxylic acids is 1. The molecular formula is C9H6N2O2. The summed E-state index contributed by atoms with van der Waals surface area (Å²) in [6, 6.07) is 3.52. The molecule has 0 amide bonds. The summed E-state index contributed by atoms with van der Waals surface area (Å²) in [6.45, 7) is 0. The van der Waals surface area contributed by atoms with E-state index < -0.39 is 0 Å². The highest BCUT2D eigenvalue weighted by Gasteiger charge is 2.02. The molecule has 0 aliphatic rings. The lowest BCUT2D eigenvalue weighted by Gasteiger charge is -1.93. The summed E-state index contributed by atoms with van der Waals surface area (Å²) >= 11 is 0. The predicted octanol–water partition coefficient (Wildman–Crippen LogP) is 1.55. The average Bonchev–Trinajstić information content (AvgIpc) is 2.71. The minimum Gasteiger partial charge on any atom is -0.461 e. The van der Waals surface area contributed by atoms with Crippen molar-refractivity contribution in [1.29, 1.82) is 0 Å². The van der Waals surface area contributed by atoms with Gasteiger partial charge < -0.3 is 4.42 Å². The Morgan fingerprint density at radius 1 is 1.31 bits per heavy atom. The van der Waals surface area contributed by atoms with Crippen LogP contribution in [0.3, 0.4) is 0 Å². The van der Waals surface area contributed by atoms with Crippen molar-refractivity contribution in [3.8, 4) is 11.6 Å². The molecule has 0 bridgehead atoms. The molecule has 0 saturated carbocycles. The smallest absolute Gasteiger partial charge is 0.195 e. The number of hydrogen-bond donors (Lipinski definition) is 0. The van der Waals surface area contributed by atoms with E-state index in [0.29, 0.717) is 23.4 Å². The SMILES string of the molecule is O=Cc1cnc(-c2ccco2)nc1. The quantitative estimate of drug-likeness (QED) is 0.648. The molecular weight excluding hydrogens is 168 g/mol. The van der Waals surface area contributed by atoms with E-state index in [0.717, 1.165) is 0 Å². The number of aldehydes is 1. The van der Waals surface area contributed by atoms with Crippen LogP contribution in [0.2, 0.25) is 0 Å². The highest BCUT2D eigenvalue weighted by Crippen LogP contribution is 2.13. The maximum absolute atomic E-state index is 10.3. The molecule has 0 saturated heterocycles. The van der Waals surface area contributed by atoms with Gasteiger partial charge in [-0.05, 0) is 12.1 Å². The largest absolute Gasteiger partial charge is 0.461 e. The Morgan fingerprint density at radius 3 is 2.62 bits per heavy atom. The minimum absolute atomic E-state index is 0.454. The van der Waals surface area contributed by atoms with Crippen LogP contribution in [0, 0.1) is 0 Å². The molecule has 4 heteroatoms. The second-order valence-electron chi connectivity index (χ2n) is 2.44. The third-order valence-electron chi connectivity index (χ3n) is 1.55. The van der Waals surface area contributed by atoms with Gasteiger partial charge in [-0.1, -0.05) is 0 Å². The normalized spacial score (nSPS) is 9.85. The van der Waals surface area contributed by atoms with Crippen molar-refractivity contribution in [2.75, 3.05) is 0 Å². The molecule has 0 unspecified atom stereocenters. The fourth-order valence-corrected chi connectivity index (χ4v) is 0.932. The Kier molecular flexibility index (Phi) is 1.88. The van der Waals surface area contributed by atoms with Crippen LogP contribution in [0.15, 0.2) is 35.2 Å². The van der Waals surface area contributed by atoms with Gasteiger partial charge in [0, 0.05) is 12.4 Å². The summed E-state index contributed by atoms with van der Waals surface area (Å²) in [7, 11) is 0. The lowest BCUT2D eigenvalue weighted by Crippen LogP contribution is -1.89. The first-order chi connectivity index (χ1) is 6.40. The second-order valence-corrected chi connectivity index (χ2v) is 2.44. The Bertz CT molecular complexity index is 392. The number of aromatic nitrogens is 2. The van der Waals surface area contributed by atoms with Gasteiger partial charge in [-0.2, -0.15) is 0 Å². The first-order valence-electron chi connectivity index (χ1n) is 3.71. The van der Waals surface area contributed by atoms with Crippen LogP contribution >= 0.6 is 0 Å². The van der Waals surface area contributed by atoms with Gasteiger partial charge in [0.2, 0.25) is 0 Å². The molecule has 2 aromatic rings. The van der Waals surface area contributed by atoms with E-state index >= 15 is 0 Å². The van der Waals surface area contributed by atoms with Crippen molar-refractivity contribution in [2.45, 2.75) is 0 Å². The number of furan rings is 1. The van der Waals surface area contributed by atoms with Gasteiger partial charge in [-0.15, -0.1) is 0 Å². The molecule has 4 nitrogen and oxygen atoms in total. The molecule has 0 aromatic carbocycles. The maximum atomic E-state index is 10.3. The third kappa shape index (κ3) is 1.46. The summed E-state index contributed by atoms with van der Waals surface area (Å²) in [4.78, 5) is 18.2. The van der Waals surface area contributed by atoms with E-state index in [4.69, 9.17) is 4.42 Å². The first kappa shape index (κ1) is 7.67. The molecule has 0 atom stereocenters. The van der Waals surface area contributed by atoms with E-state index in [1.54, 1.807) is 18.4 Å². The van der Waals surface area contributed by atoms with Crippen LogP contribution in [-0.2, 0) is 0 Å². The number of rotatable bonds is 2. The molecule has 64 valence electrons. The zero-order chi connectivity index (χ0) is 9.10. The fourth-order valence-electron chi connectivity index (χ4n) is 0.932. The van der Waals surface area contributed by atoms with Crippen molar-refractivity contribution in [2.24, 2.45) is 0 Å². The average molecular weight is 174 g/mol. The summed E-state index contributed by atoms with van der Waals surface area (Å²) in [5, 5.41) is 0. The van der Waals surface area contributed by atoms with Gasteiger partial charge in [-0.3, -0.25) is 4.79 Å². The predicted molar refractivity (Wildman–Crippen MR) is 45.1 cm³/mol. The van der Waals surface area contributed by atoms with Gasteiger partial charge in [0.15, 0.2) is 17.9 Å². The van der Waals surface area contributed by atoms with Gasteiger partial charge in [0.05, 0.1) is 11.8 Å². The molecule has 2 aromatic heterocycles. The Morgan fingerprint density at radius 2 is 2.08 bits per heavy atom. The van der Waals surface area contributed by atoms with Crippen molar-refractivity contribution < 1.29 is 9.21 Å². The topological polar surface area (TPSA) is 56.0 Å². The van der Waals surface area contributed by atoms with Gasteiger partial charge >= 0.3 is 0 Å². The van der Waals surface area contributed by atoms with E-state index in [1.165, 1.54) is 12.4 Å². The van der Waals surface area contributed by atoms with Crippen LogP contribution in [0.1, 0.15) is 10.4 Å². The fraction of sp³-hybridized carbons (Fsp3) is 0. The van der Waals surface area contributed by atoms with Crippen LogP contribution in [0.4, 0.5) is 0 Å². The molecule has 0 fully saturated rings. The standard InChI is InChI=1S/C9H6N2O2/c12-6-7-4-10-9(11-5-7)8-2-1-3-13-8/h1-6H. The number of nitrogens with zero attached hydrogens (tertiary/aromatic N) is 2. The number of hydrogen-bond acceptors (Lipinski definition) is 4. The second kappa shape index (κ2) is 3.18. The van der Waals surface area contributed by atoms with E-state index in [1.807, 2.05) is 0 Å². The summed E-state index contributed by atoms with van der Waals surface area (Å²) in [6.07, 6.45) is 5.16. The molecule has 0 radical (unpaired) electrons. The van der Waals surface area contributed by atoms with Crippen molar-refractivity contribution >= 4 is 6.29 Å². The minimum atomic E-state index is 0.454. The lowest BCUT2D eigenvalue weighted by molar-refractivity contribution is 0.112. The maximum Gasteiger partial charge on any atom is 0.195 e. The monoisotopic (exact) mass is 174 g/mol. The van der Waals surface area contributed by atoms with Crippen LogP contribution in [0.25, 0.3) is 11.6 Å². The highest BCUT2D eigenvalue weighted by molar-refractivity contribution is 5.73. The lowest BCUT2D eigenvalue weighted by atomic mass is 10.3. The zero-order valence-electron chi connectivity index (χ0n) is 6.68. The van der Waals surface area contributed by atoms with Gasteiger partial charge in [-0.25, -0.2) is 9.97 Å². The van der Waals surface area contributed by atoms with E-state index in [9.17, 15) is 4.79 Å². The highest BCUT2D eigenvalue weighted by atomic mass is 16.3. The van der Waals surface area contributed by atoms with Crippen molar-refractivity contribution in [1.82, 2.24) is 9.97 Å². The Labute approximate surface area is 74.2 Å². The third-order valence-corrected chi connectivity index (χ3v) is 1.55. The van der Waals surface area contributed by atoms with Crippen molar-refractivity contribution in [3.05, 3.63) is 36.4 Å². The van der Waals surface area contributed by atoms with Crippen LogP contribution in [0.5, 0.6) is 0 Å². The molecule has 0 aliphatic carbocycles. The molecule has 13 heavy (non-hydrogen) atoms. The summed E-state index contributed by atoms with van der Waals surface area (Å²) < 4.78 is 5.08. The molecule has 2 rings (SSSR count). The zero-order valence-corrected chi connectivity index (χ0v) is 6.68. The molecule has 0 spiro atoms. The van der Waals surface area contributed by atoms with Gasteiger partial charge in [0.25, 0.3) is 0 Å². The molecule has 2 heterocycles. The van der Waals surface area contributed by atoms with E-state index in [-0.39, 0.29) is 0 Å². The molecule has 0 aliphatic heterocycles. The first-order valence-corrected chi connectivity index (χ1v) is 3.71. The van der Waals surface area contributed by atoms with Gasteiger partial charge in [0.1, 0.15) is 0 Å². The molecule has 0 N–H and O–H groups in total. The summed E-state index contributed by atoms with van der Waals surface area (Å²) in [5.74, 6) is 1.08. The number of carbonyl (C=O) groups is 1. The van der Waals surface area contributed by atoms with E-state index in [2.05, 4.69) is 9.97 Å². The van der Waals surface area contributed by atoms with Crippen LogP contribution in [-0.4, -0.2) is 16.3 Å². The van der Waals surface area contributed by atoms with Crippen molar-refractivity contribution in [3.63, 3.8) is 0 Å². The Hall–Kier alpha value is -1.97. The summed E-state index contributed by atoms with van der Waals surface area (Å²) in [5.41, 5.74) is 0.454. The Balaban J connectivity index is 2.38.